The highest BCUT2D eigenvalue weighted by Gasteiger charge is 2.43. The Morgan fingerprint density at radius 1 is 1.17 bits per heavy atom. The van der Waals surface area contributed by atoms with E-state index in [2.05, 4.69) is 0 Å². The van der Waals surface area contributed by atoms with Gasteiger partial charge in [-0.25, -0.2) is 0 Å². The van der Waals surface area contributed by atoms with E-state index in [1.165, 1.54) is 0 Å². The van der Waals surface area contributed by atoms with Gasteiger partial charge in [0.2, 0.25) is 7.37 Å². The summed E-state index contributed by atoms with van der Waals surface area (Å²) < 4.78 is 41.1. The molecule has 0 amide bonds. The minimum Gasteiger partial charge on any atom is -0.329 e. The van der Waals surface area contributed by atoms with Crippen LogP contribution in [0.1, 0.15) is 33.6 Å². The SMILES string of the molecule is CCOP1(=O)CCCC(P(=O)(OCC)OCC)C1. The van der Waals surface area contributed by atoms with Crippen molar-refractivity contribution in [1.29, 1.82) is 0 Å². The van der Waals surface area contributed by atoms with Gasteiger partial charge in [0.25, 0.3) is 0 Å². The minimum absolute atomic E-state index is 0.288. The van der Waals surface area contributed by atoms with Gasteiger partial charge in [-0.05, 0) is 33.6 Å². The molecule has 108 valence electrons. The molecule has 1 heterocycles. The molecule has 0 aromatic heterocycles. The van der Waals surface area contributed by atoms with E-state index in [1.807, 2.05) is 6.92 Å². The Hall–Kier alpha value is 0.340. The van der Waals surface area contributed by atoms with E-state index in [4.69, 9.17) is 13.6 Å². The molecule has 1 saturated heterocycles. The summed E-state index contributed by atoms with van der Waals surface area (Å²) in [4.78, 5) is 0. The second-order valence-corrected chi connectivity index (χ2v) is 9.34. The molecule has 0 bridgehead atoms. The molecule has 2 unspecified atom stereocenters. The smallest absolute Gasteiger partial charge is 0.329 e. The first-order valence-corrected chi connectivity index (χ1v) is 10.2. The molecule has 2 atom stereocenters. The standard InChI is InChI=1S/C11H24O5P2/c1-4-14-17(12)9-7-8-11(10-17)18(13,15-5-2)16-6-3/h11H,4-10H2,1-3H3. The van der Waals surface area contributed by atoms with Gasteiger partial charge in [0, 0.05) is 12.3 Å². The van der Waals surface area contributed by atoms with E-state index < -0.39 is 15.0 Å². The van der Waals surface area contributed by atoms with Crippen LogP contribution in [0.5, 0.6) is 0 Å². The lowest BCUT2D eigenvalue weighted by Crippen LogP contribution is -2.24. The van der Waals surface area contributed by atoms with Gasteiger partial charge < -0.3 is 13.6 Å². The predicted molar refractivity (Wildman–Crippen MR) is 72.8 cm³/mol. The fraction of sp³-hybridized carbons (Fsp3) is 1.00. The molecule has 0 spiro atoms. The minimum atomic E-state index is -3.15. The fourth-order valence-corrected chi connectivity index (χ4v) is 7.93. The lowest BCUT2D eigenvalue weighted by molar-refractivity contribution is 0.210. The van der Waals surface area contributed by atoms with Crippen molar-refractivity contribution in [3.05, 3.63) is 0 Å². The van der Waals surface area contributed by atoms with Crippen LogP contribution in [0.25, 0.3) is 0 Å². The second-order valence-electron chi connectivity index (χ2n) is 4.31. The van der Waals surface area contributed by atoms with Crippen LogP contribution in [0.15, 0.2) is 0 Å². The highest BCUT2D eigenvalue weighted by molar-refractivity contribution is 7.61. The van der Waals surface area contributed by atoms with Crippen LogP contribution >= 0.6 is 15.0 Å². The summed E-state index contributed by atoms with van der Waals surface area (Å²) in [5.41, 5.74) is -0.288. The molecular weight excluding hydrogens is 274 g/mol. The van der Waals surface area contributed by atoms with Crippen LogP contribution in [-0.4, -0.2) is 37.8 Å². The van der Waals surface area contributed by atoms with Crippen LogP contribution in [0.3, 0.4) is 0 Å². The third-order valence-electron chi connectivity index (χ3n) is 2.95. The van der Waals surface area contributed by atoms with Crippen molar-refractivity contribution in [2.24, 2.45) is 0 Å². The Balaban J connectivity index is 2.80. The lowest BCUT2D eigenvalue weighted by Gasteiger charge is -2.33. The Morgan fingerprint density at radius 3 is 2.28 bits per heavy atom. The van der Waals surface area contributed by atoms with E-state index in [0.717, 1.165) is 12.8 Å². The van der Waals surface area contributed by atoms with Crippen molar-refractivity contribution < 1.29 is 22.7 Å². The molecule has 1 aliphatic heterocycles. The first kappa shape index (κ1) is 16.4. The van der Waals surface area contributed by atoms with Crippen molar-refractivity contribution >= 4 is 15.0 Å². The highest BCUT2D eigenvalue weighted by Crippen LogP contribution is 2.63. The largest absolute Gasteiger partial charge is 0.334 e. The van der Waals surface area contributed by atoms with Crippen LogP contribution in [0.2, 0.25) is 0 Å². The summed E-state index contributed by atoms with van der Waals surface area (Å²) >= 11 is 0. The first-order valence-electron chi connectivity index (χ1n) is 6.61. The quantitative estimate of drug-likeness (QED) is 0.670. The summed E-state index contributed by atoms with van der Waals surface area (Å²) in [6.07, 6.45) is 2.38. The molecule has 0 N–H and O–H groups in total. The maximum Gasteiger partial charge on any atom is 0.334 e. The molecule has 0 aromatic rings. The van der Waals surface area contributed by atoms with E-state index in [0.29, 0.717) is 32.1 Å². The van der Waals surface area contributed by atoms with Gasteiger partial charge in [0.15, 0.2) is 0 Å². The van der Waals surface area contributed by atoms with Gasteiger partial charge in [-0.1, -0.05) is 0 Å². The molecule has 0 aromatic carbocycles. The average Bonchev–Trinajstić information content (AvgIpc) is 2.29. The molecule has 0 saturated carbocycles. The monoisotopic (exact) mass is 298 g/mol. The van der Waals surface area contributed by atoms with Crippen LogP contribution in [-0.2, 0) is 22.7 Å². The summed E-state index contributed by atoms with van der Waals surface area (Å²) in [6, 6.07) is 0. The van der Waals surface area contributed by atoms with Gasteiger partial charge in [-0.2, -0.15) is 0 Å². The average molecular weight is 298 g/mol. The molecule has 1 fully saturated rings. The van der Waals surface area contributed by atoms with Crippen LogP contribution in [0, 0.1) is 0 Å². The molecule has 5 nitrogen and oxygen atoms in total. The molecule has 7 heteroatoms. The highest BCUT2D eigenvalue weighted by atomic mass is 31.2. The van der Waals surface area contributed by atoms with E-state index in [1.54, 1.807) is 13.8 Å². The topological polar surface area (TPSA) is 61.8 Å². The van der Waals surface area contributed by atoms with Gasteiger partial charge in [-0.3, -0.25) is 9.13 Å². The van der Waals surface area contributed by atoms with Gasteiger partial charge >= 0.3 is 7.60 Å². The molecule has 1 rings (SSSR count). The van der Waals surface area contributed by atoms with Crippen molar-refractivity contribution in [2.45, 2.75) is 39.3 Å². The Kier molecular flexibility index (Phi) is 6.57. The molecular formula is C11H24O5P2. The molecule has 18 heavy (non-hydrogen) atoms. The third kappa shape index (κ3) is 4.18. The predicted octanol–water partition coefficient (Wildman–Crippen LogP) is 3.73. The van der Waals surface area contributed by atoms with Crippen molar-refractivity contribution in [1.82, 2.24) is 0 Å². The summed E-state index contributed by atoms with van der Waals surface area (Å²) in [7, 11) is -5.80. The van der Waals surface area contributed by atoms with Gasteiger partial charge in [0.1, 0.15) is 0 Å². The summed E-state index contributed by atoms with van der Waals surface area (Å²) in [5, 5.41) is 0. The van der Waals surface area contributed by atoms with Crippen molar-refractivity contribution in [2.75, 3.05) is 32.1 Å². The number of hydrogen-bond acceptors (Lipinski definition) is 5. The van der Waals surface area contributed by atoms with Crippen molar-refractivity contribution in [3.8, 4) is 0 Å². The lowest BCUT2D eigenvalue weighted by atomic mass is 10.3. The fourth-order valence-electron chi connectivity index (χ4n) is 2.29. The summed E-state index contributed by atoms with van der Waals surface area (Å²) in [5.74, 6) is 0. The number of rotatable bonds is 7. The van der Waals surface area contributed by atoms with Gasteiger partial charge in [-0.15, -0.1) is 0 Å². The number of hydrogen-bond donors (Lipinski definition) is 0. The third-order valence-corrected chi connectivity index (χ3v) is 8.54. The Labute approximate surface area is 110 Å². The van der Waals surface area contributed by atoms with E-state index in [-0.39, 0.29) is 5.66 Å². The first-order chi connectivity index (χ1) is 8.49. The maximum atomic E-state index is 12.6. The molecule has 0 aliphatic carbocycles. The Morgan fingerprint density at radius 2 is 1.78 bits per heavy atom. The van der Waals surface area contributed by atoms with E-state index in [9.17, 15) is 9.13 Å². The summed E-state index contributed by atoms with van der Waals surface area (Å²) in [6.45, 7) is 6.51. The zero-order valence-corrected chi connectivity index (χ0v) is 13.3. The Bertz CT molecular complexity index is 328. The van der Waals surface area contributed by atoms with Crippen molar-refractivity contribution in [3.63, 3.8) is 0 Å². The molecule has 1 aliphatic rings. The van der Waals surface area contributed by atoms with Crippen LogP contribution < -0.4 is 0 Å². The second kappa shape index (κ2) is 7.21. The van der Waals surface area contributed by atoms with E-state index >= 15 is 0 Å². The molecule has 0 radical (unpaired) electrons. The zero-order valence-electron chi connectivity index (χ0n) is 11.5. The maximum absolute atomic E-state index is 12.6. The van der Waals surface area contributed by atoms with Gasteiger partial charge in [0.05, 0.1) is 25.5 Å². The normalized spacial score (nSPS) is 29.4. The van der Waals surface area contributed by atoms with Crippen LogP contribution in [0.4, 0.5) is 0 Å². The zero-order chi connectivity index (χ0) is 13.6.